The number of aliphatic hydroxyl groups excluding tert-OH is 1. The number of aliphatic hydroxyl groups is 1. The second kappa shape index (κ2) is 4.95. The van der Waals surface area contributed by atoms with E-state index < -0.39 is 6.10 Å². The second-order valence-electron chi connectivity index (χ2n) is 3.92. The molecule has 2 rings (SSSR count). The Bertz CT molecular complexity index is 331. The quantitative estimate of drug-likeness (QED) is 0.904. The molecule has 2 unspecified atom stereocenters. The van der Waals surface area contributed by atoms with Crippen LogP contribution in [0.3, 0.4) is 0 Å². The molecule has 1 aromatic rings. The number of ether oxygens (including phenoxy) is 1. The Labute approximate surface area is 102 Å². The summed E-state index contributed by atoms with van der Waals surface area (Å²) in [5, 5.41) is 10.2. The lowest BCUT2D eigenvalue weighted by atomic mass is 10.0. The van der Waals surface area contributed by atoms with Gasteiger partial charge in [0.05, 0.1) is 11.0 Å². The van der Waals surface area contributed by atoms with Gasteiger partial charge in [0.1, 0.15) is 6.10 Å². The third-order valence-corrected chi connectivity index (χ3v) is 4.71. The molecule has 1 fully saturated rings. The van der Waals surface area contributed by atoms with Gasteiger partial charge in [-0.1, -0.05) is 0 Å². The molecule has 1 aromatic heterocycles. The van der Waals surface area contributed by atoms with Crippen molar-refractivity contribution in [3.8, 4) is 0 Å². The van der Waals surface area contributed by atoms with E-state index in [1.165, 1.54) is 4.88 Å². The maximum atomic E-state index is 10.2. The van der Waals surface area contributed by atoms with Gasteiger partial charge >= 0.3 is 0 Å². The van der Waals surface area contributed by atoms with E-state index >= 15 is 0 Å². The molecule has 0 bridgehead atoms. The summed E-state index contributed by atoms with van der Waals surface area (Å²) >= 11 is 5.12. The number of hydrogen-bond donors (Lipinski definition) is 1. The summed E-state index contributed by atoms with van der Waals surface area (Å²) in [4.78, 5) is 2.21. The Morgan fingerprint density at radius 2 is 2.40 bits per heavy atom. The third-order valence-electron chi connectivity index (χ3n) is 2.67. The first-order chi connectivity index (χ1) is 7.18. The van der Waals surface area contributed by atoms with E-state index in [1.807, 2.05) is 13.0 Å². The van der Waals surface area contributed by atoms with Crippen LogP contribution in [0.15, 0.2) is 10.5 Å². The fraction of sp³-hybridized carbons (Fsp3) is 0.636. The van der Waals surface area contributed by atoms with Crippen LogP contribution in [0, 0.1) is 6.92 Å². The highest BCUT2D eigenvalue weighted by Gasteiger charge is 2.26. The minimum atomic E-state index is -0.474. The van der Waals surface area contributed by atoms with Crippen molar-refractivity contribution >= 4 is 27.3 Å². The van der Waals surface area contributed by atoms with E-state index in [9.17, 15) is 5.11 Å². The third kappa shape index (κ3) is 2.61. The Balaban J connectivity index is 2.12. The number of rotatable bonds is 2. The van der Waals surface area contributed by atoms with Gasteiger partial charge < -0.3 is 9.84 Å². The van der Waals surface area contributed by atoms with E-state index in [1.54, 1.807) is 11.3 Å². The highest BCUT2D eigenvalue weighted by Crippen LogP contribution is 2.36. The smallest absolute Gasteiger partial charge is 0.115 e. The van der Waals surface area contributed by atoms with Crippen LogP contribution in [0.25, 0.3) is 0 Å². The predicted octanol–water partition coefficient (Wildman–Crippen LogP) is 3.42. The summed E-state index contributed by atoms with van der Waals surface area (Å²) in [5.41, 5.74) is 0. The number of thiophene rings is 1. The maximum absolute atomic E-state index is 10.2. The Kier molecular flexibility index (Phi) is 3.83. The molecule has 0 radical (unpaired) electrons. The Hall–Kier alpha value is 0.1000. The molecule has 1 saturated heterocycles. The lowest BCUT2D eigenvalue weighted by molar-refractivity contribution is -0.0622. The van der Waals surface area contributed by atoms with Crippen LogP contribution in [-0.2, 0) is 4.74 Å². The van der Waals surface area contributed by atoms with Crippen LogP contribution in [-0.4, -0.2) is 17.8 Å². The van der Waals surface area contributed by atoms with Crippen molar-refractivity contribution < 1.29 is 9.84 Å². The second-order valence-corrected chi connectivity index (χ2v) is 6.06. The summed E-state index contributed by atoms with van der Waals surface area (Å²) in [6, 6.07) is 2.05. The number of aryl methyl sites for hydroxylation is 1. The zero-order valence-corrected chi connectivity index (χ0v) is 11.1. The first kappa shape index (κ1) is 11.6. The molecule has 0 aliphatic carbocycles. The highest BCUT2D eigenvalue weighted by molar-refractivity contribution is 9.10. The van der Waals surface area contributed by atoms with Crippen molar-refractivity contribution in [1.82, 2.24) is 0 Å². The summed E-state index contributed by atoms with van der Waals surface area (Å²) in [6.07, 6.45) is 2.74. The predicted molar refractivity (Wildman–Crippen MR) is 65.3 cm³/mol. The molecule has 0 spiro atoms. The molecule has 2 nitrogen and oxygen atoms in total. The average molecular weight is 291 g/mol. The lowest BCUT2D eigenvalue weighted by Gasteiger charge is -2.26. The largest absolute Gasteiger partial charge is 0.385 e. The fourth-order valence-corrected chi connectivity index (χ4v) is 3.81. The van der Waals surface area contributed by atoms with Gasteiger partial charge in [-0.15, -0.1) is 11.3 Å². The average Bonchev–Trinajstić information content (AvgIpc) is 2.58. The van der Waals surface area contributed by atoms with Gasteiger partial charge in [-0.05, 0) is 48.2 Å². The van der Waals surface area contributed by atoms with Crippen molar-refractivity contribution in [3.05, 3.63) is 20.3 Å². The van der Waals surface area contributed by atoms with Crippen LogP contribution in [0.1, 0.15) is 35.1 Å². The van der Waals surface area contributed by atoms with E-state index in [2.05, 4.69) is 15.9 Å². The molecule has 4 heteroatoms. The molecule has 2 atom stereocenters. The van der Waals surface area contributed by atoms with Crippen molar-refractivity contribution in [1.29, 1.82) is 0 Å². The zero-order chi connectivity index (χ0) is 10.8. The van der Waals surface area contributed by atoms with E-state index in [0.717, 1.165) is 35.2 Å². The van der Waals surface area contributed by atoms with Crippen molar-refractivity contribution in [2.24, 2.45) is 0 Å². The Morgan fingerprint density at radius 3 is 2.93 bits per heavy atom. The minimum Gasteiger partial charge on any atom is -0.385 e. The van der Waals surface area contributed by atoms with E-state index in [4.69, 9.17) is 4.74 Å². The first-order valence-corrected chi connectivity index (χ1v) is 6.85. The van der Waals surface area contributed by atoms with Gasteiger partial charge in [-0.2, -0.15) is 0 Å². The molecule has 0 aromatic carbocycles. The zero-order valence-electron chi connectivity index (χ0n) is 8.70. The van der Waals surface area contributed by atoms with Crippen LogP contribution < -0.4 is 0 Å². The summed E-state index contributed by atoms with van der Waals surface area (Å²) in [6.45, 7) is 2.83. The van der Waals surface area contributed by atoms with Gasteiger partial charge in [0.15, 0.2) is 0 Å². The van der Waals surface area contributed by atoms with Gasteiger partial charge in [-0.3, -0.25) is 0 Å². The molecule has 0 saturated carbocycles. The van der Waals surface area contributed by atoms with E-state index in [0.29, 0.717) is 0 Å². The molecule has 1 aliphatic heterocycles. The monoisotopic (exact) mass is 290 g/mol. The van der Waals surface area contributed by atoms with Gasteiger partial charge in [0.2, 0.25) is 0 Å². The van der Waals surface area contributed by atoms with Gasteiger partial charge in [0.25, 0.3) is 0 Å². The van der Waals surface area contributed by atoms with Crippen LogP contribution in [0.2, 0.25) is 0 Å². The van der Waals surface area contributed by atoms with Crippen LogP contribution in [0.4, 0.5) is 0 Å². The van der Waals surface area contributed by atoms with Crippen LogP contribution >= 0.6 is 27.3 Å². The minimum absolute atomic E-state index is 0.0203. The Morgan fingerprint density at radius 1 is 1.60 bits per heavy atom. The highest BCUT2D eigenvalue weighted by atomic mass is 79.9. The summed E-state index contributed by atoms with van der Waals surface area (Å²) < 4.78 is 6.60. The number of hydrogen-bond acceptors (Lipinski definition) is 3. The fourth-order valence-electron chi connectivity index (χ4n) is 1.89. The number of halogens is 1. The molecular formula is C11H15BrO2S. The van der Waals surface area contributed by atoms with Crippen molar-refractivity contribution in [2.45, 2.75) is 38.4 Å². The molecule has 15 heavy (non-hydrogen) atoms. The van der Waals surface area contributed by atoms with Crippen molar-refractivity contribution in [3.63, 3.8) is 0 Å². The van der Waals surface area contributed by atoms with Crippen LogP contribution in [0.5, 0.6) is 0 Å². The summed E-state index contributed by atoms with van der Waals surface area (Å²) in [5.74, 6) is 0. The molecule has 1 aliphatic rings. The topological polar surface area (TPSA) is 29.5 Å². The first-order valence-electron chi connectivity index (χ1n) is 5.24. The molecule has 1 N–H and O–H groups in total. The molecule has 0 amide bonds. The molecule has 84 valence electrons. The summed E-state index contributed by atoms with van der Waals surface area (Å²) in [7, 11) is 0. The van der Waals surface area contributed by atoms with Gasteiger partial charge in [0, 0.05) is 16.0 Å². The molecular weight excluding hydrogens is 276 g/mol. The van der Waals surface area contributed by atoms with Crippen molar-refractivity contribution in [2.75, 3.05) is 6.61 Å². The molecule has 2 heterocycles. The normalized spacial score (nSPS) is 24.1. The van der Waals surface area contributed by atoms with Gasteiger partial charge in [-0.25, -0.2) is 0 Å². The van der Waals surface area contributed by atoms with E-state index in [-0.39, 0.29) is 6.10 Å². The SMILES string of the molecule is Cc1cc(Br)c(C(O)C2CCCCO2)s1. The standard InChI is InChI=1S/C11H15BrO2S/c1-7-6-8(12)11(15-7)10(13)9-4-2-3-5-14-9/h6,9-10,13H,2-5H2,1H3. The lowest BCUT2D eigenvalue weighted by Crippen LogP contribution is -2.25. The maximum Gasteiger partial charge on any atom is 0.115 e.